The number of hydrogen-bond donors (Lipinski definition) is 1. The van der Waals surface area contributed by atoms with E-state index in [1.165, 1.54) is 6.33 Å². The molecular weight excluding hydrogens is 305 g/mol. The van der Waals surface area contributed by atoms with Crippen LogP contribution in [0.1, 0.15) is 0 Å². The van der Waals surface area contributed by atoms with E-state index in [4.69, 9.17) is 16.3 Å². The molecule has 0 fully saturated rings. The summed E-state index contributed by atoms with van der Waals surface area (Å²) in [5, 5.41) is 3.70. The molecule has 0 saturated heterocycles. The Labute approximate surface area is 112 Å². The second kappa shape index (κ2) is 5.33. The van der Waals surface area contributed by atoms with E-state index in [-0.39, 0.29) is 0 Å². The van der Waals surface area contributed by atoms with Gasteiger partial charge in [-0.2, -0.15) is 0 Å². The number of aromatic nitrogens is 2. The van der Waals surface area contributed by atoms with Gasteiger partial charge in [0.1, 0.15) is 17.9 Å². The van der Waals surface area contributed by atoms with Crippen molar-refractivity contribution in [3.8, 4) is 5.75 Å². The van der Waals surface area contributed by atoms with Crippen molar-refractivity contribution in [1.29, 1.82) is 0 Å². The third-order valence-corrected chi connectivity index (χ3v) is 3.00. The Morgan fingerprint density at radius 1 is 1.41 bits per heavy atom. The predicted octanol–water partition coefficient (Wildman–Crippen LogP) is 3.64. The van der Waals surface area contributed by atoms with E-state index in [0.717, 1.165) is 15.9 Å². The van der Waals surface area contributed by atoms with Crippen molar-refractivity contribution >= 4 is 39.0 Å². The first-order valence-electron chi connectivity index (χ1n) is 4.77. The fraction of sp³-hybridized carbons (Fsp3) is 0.0909. The molecule has 0 spiro atoms. The van der Waals surface area contributed by atoms with E-state index in [0.29, 0.717) is 10.8 Å². The molecule has 1 N–H and O–H groups in total. The summed E-state index contributed by atoms with van der Waals surface area (Å²) in [6.07, 6.45) is 3.12. The molecule has 1 aromatic carbocycles. The van der Waals surface area contributed by atoms with Gasteiger partial charge < -0.3 is 10.1 Å². The maximum atomic E-state index is 6.08. The number of hydrogen-bond acceptors (Lipinski definition) is 4. The molecule has 2 rings (SSSR count). The Balaban J connectivity index is 2.32. The third-order valence-electron chi connectivity index (χ3n) is 2.09. The Morgan fingerprint density at radius 2 is 2.24 bits per heavy atom. The summed E-state index contributed by atoms with van der Waals surface area (Å²) >= 11 is 9.43. The molecular formula is C11H9BrClN3O. The molecule has 17 heavy (non-hydrogen) atoms. The molecule has 0 aliphatic carbocycles. The summed E-state index contributed by atoms with van der Waals surface area (Å²) in [5.74, 6) is 1.37. The minimum atomic E-state index is 0.594. The molecule has 0 amide bonds. The highest BCUT2D eigenvalue weighted by Crippen LogP contribution is 2.30. The van der Waals surface area contributed by atoms with Crippen LogP contribution in [0.15, 0.2) is 35.2 Å². The first-order valence-corrected chi connectivity index (χ1v) is 5.94. The van der Waals surface area contributed by atoms with E-state index in [2.05, 4.69) is 31.2 Å². The van der Waals surface area contributed by atoms with Crippen LogP contribution in [0.3, 0.4) is 0 Å². The summed E-state index contributed by atoms with van der Waals surface area (Å²) in [6, 6.07) is 5.36. The number of nitrogens with one attached hydrogen (secondary N) is 1. The largest absolute Gasteiger partial charge is 0.497 e. The third kappa shape index (κ3) is 2.87. The molecule has 0 bridgehead atoms. The number of halogens is 2. The van der Waals surface area contributed by atoms with E-state index in [1.54, 1.807) is 31.5 Å². The average Bonchev–Trinajstić information content (AvgIpc) is 2.35. The van der Waals surface area contributed by atoms with Gasteiger partial charge in [0.25, 0.3) is 0 Å². The van der Waals surface area contributed by atoms with Crippen LogP contribution in [-0.2, 0) is 0 Å². The minimum absolute atomic E-state index is 0.594. The molecule has 0 aliphatic rings. The zero-order chi connectivity index (χ0) is 12.3. The lowest BCUT2D eigenvalue weighted by atomic mass is 10.3. The molecule has 88 valence electrons. The van der Waals surface area contributed by atoms with Gasteiger partial charge in [0, 0.05) is 12.3 Å². The zero-order valence-electron chi connectivity index (χ0n) is 8.95. The molecule has 2 aromatic rings. The van der Waals surface area contributed by atoms with Gasteiger partial charge in [-0.25, -0.2) is 9.97 Å². The fourth-order valence-electron chi connectivity index (χ4n) is 1.26. The summed E-state index contributed by atoms with van der Waals surface area (Å²) in [7, 11) is 1.60. The van der Waals surface area contributed by atoms with Crippen molar-refractivity contribution in [2.75, 3.05) is 12.4 Å². The quantitative estimate of drug-likeness (QED) is 0.939. The molecule has 0 atom stereocenters. The van der Waals surface area contributed by atoms with E-state index < -0.39 is 0 Å². The molecule has 6 heteroatoms. The van der Waals surface area contributed by atoms with Gasteiger partial charge in [0.15, 0.2) is 0 Å². The van der Waals surface area contributed by atoms with Crippen molar-refractivity contribution in [2.45, 2.75) is 0 Å². The summed E-state index contributed by atoms with van der Waals surface area (Å²) in [6.45, 7) is 0. The topological polar surface area (TPSA) is 47.0 Å². The van der Waals surface area contributed by atoms with Crippen LogP contribution in [0.4, 0.5) is 11.5 Å². The SMILES string of the molecule is COc1ccc(Cl)c(Nc2ncncc2Br)c1. The summed E-state index contributed by atoms with van der Waals surface area (Å²) in [5.41, 5.74) is 0.727. The molecule has 1 heterocycles. The van der Waals surface area contributed by atoms with E-state index >= 15 is 0 Å². The van der Waals surface area contributed by atoms with Crippen LogP contribution >= 0.6 is 27.5 Å². The van der Waals surface area contributed by atoms with Crippen LogP contribution in [0.2, 0.25) is 5.02 Å². The molecule has 1 aromatic heterocycles. The van der Waals surface area contributed by atoms with Gasteiger partial charge in [-0.1, -0.05) is 11.6 Å². The number of nitrogens with zero attached hydrogens (tertiary/aromatic N) is 2. The average molecular weight is 315 g/mol. The van der Waals surface area contributed by atoms with Crippen molar-refractivity contribution in [1.82, 2.24) is 9.97 Å². The number of ether oxygens (including phenoxy) is 1. The van der Waals surface area contributed by atoms with Crippen molar-refractivity contribution in [2.24, 2.45) is 0 Å². The summed E-state index contributed by atoms with van der Waals surface area (Å²) in [4.78, 5) is 7.99. The number of benzene rings is 1. The van der Waals surface area contributed by atoms with Gasteiger partial charge in [0.05, 0.1) is 22.3 Å². The van der Waals surface area contributed by atoms with Crippen molar-refractivity contribution in [3.05, 3.63) is 40.2 Å². The predicted molar refractivity (Wildman–Crippen MR) is 71.0 cm³/mol. The van der Waals surface area contributed by atoms with Crippen molar-refractivity contribution < 1.29 is 4.74 Å². The Bertz CT molecular complexity index is 536. The molecule has 4 nitrogen and oxygen atoms in total. The zero-order valence-corrected chi connectivity index (χ0v) is 11.3. The standard InChI is InChI=1S/C11H9BrClN3O/c1-17-7-2-3-9(13)10(4-7)16-11-8(12)5-14-6-15-11/h2-6H,1H3,(H,14,15,16). The number of methoxy groups -OCH3 is 1. The lowest BCUT2D eigenvalue weighted by Crippen LogP contribution is -1.96. The Hall–Kier alpha value is -1.33. The first-order chi connectivity index (χ1) is 8.20. The molecule has 0 unspecified atom stereocenters. The van der Waals surface area contributed by atoms with Crippen LogP contribution in [0.25, 0.3) is 0 Å². The van der Waals surface area contributed by atoms with Gasteiger partial charge in [-0.15, -0.1) is 0 Å². The molecule has 0 radical (unpaired) electrons. The lowest BCUT2D eigenvalue weighted by molar-refractivity contribution is 0.415. The highest BCUT2D eigenvalue weighted by molar-refractivity contribution is 9.10. The van der Waals surface area contributed by atoms with Crippen molar-refractivity contribution in [3.63, 3.8) is 0 Å². The Morgan fingerprint density at radius 3 is 2.94 bits per heavy atom. The second-order valence-electron chi connectivity index (χ2n) is 3.19. The smallest absolute Gasteiger partial charge is 0.148 e. The van der Waals surface area contributed by atoms with Gasteiger partial charge in [-0.3, -0.25) is 0 Å². The highest BCUT2D eigenvalue weighted by Gasteiger charge is 2.06. The van der Waals surface area contributed by atoms with Crippen LogP contribution in [0.5, 0.6) is 5.75 Å². The van der Waals surface area contributed by atoms with Crippen LogP contribution < -0.4 is 10.1 Å². The minimum Gasteiger partial charge on any atom is -0.497 e. The maximum Gasteiger partial charge on any atom is 0.148 e. The number of rotatable bonds is 3. The maximum absolute atomic E-state index is 6.08. The van der Waals surface area contributed by atoms with E-state index in [1.807, 2.05) is 0 Å². The highest BCUT2D eigenvalue weighted by atomic mass is 79.9. The molecule has 0 saturated carbocycles. The van der Waals surface area contributed by atoms with Gasteiger partial charge in [-0.05, 0) is 28.1 Å². The van der Waals surface area contributed by atoms with E-state index in [9.17, 15) is 0 Å². The first kappa shape index (κ1) is 12.1. The Kier molecular flexibility index (Phi) is 3.81. The monoisotopic (exact) mass is 313 g/mol. The fourth-order valence-corrected chi connectivity index (χ4v) is 1.74. The van der Waals surface area contributed by atoms with Crippen LogP contribution in [-0.4, -0.2) is 17.1 Å². The van der Waals surface area contributed by atoms with Gasteiger partial charge >= 0.3 is 0 Å². The second-order valence-corrected chi connectivity index (χ2v) is 4.45. The summed E-state index contributed by atoms with van der Waals surface area (Å²) < 4.78 is 5.90. The normalized spacial score (nSPS) is 10.1. The number of anilines is 2. The van der Waals surface area contributed by atoms with Gasteiger partial charge in [0.2, 0.25) is 0 Å². The lowest BCUT2D eigenvalue weighted by Gasteiger charge is -2.10. The van der Waals surface area contributed by atoms with Crippen LogP contribution in [0, 0.1) is 0 Å². The molecule has 0 aliphatic heterocycles.